The van der Waals surface area contributed by atoms with Crippen LogP contribution in [0, 0.1) is 11.8 Å². The van der Waals surface area contributed by atoms with Gasteiger partial charge in [-0.1, -0.05) is 13.0 Å². The second-order valence-electron chi connectivity index (χ2n) is 4.62. The van der Waals surface area contributed by atoms with Gasteiger partial charge >= 0.3 is 0 Å². The van der Waals surface area contributed by atoms with Gasteiger partial charge in [0, 0.05) is 6.61 Å². The standard InChI is InChI=1S/C13H18O2/c1-9(8-14)10-2-3-12-7-13(15)5-4-11(12)6-10/h4-5,7,9-10,14-15H,2-3,6,8H2,1H3. The number of aromatic hydroxyl groups is 1. The molecule has 15 heavy (non-hydrogen) atoms. The van der Waals surface area contributed by atoms with E-state index < -0.39 is 0 Å². The molecule has 0 saturated carbocycles. The van der Waals surface area contributed by atoms with Crippen LogP contribution < -0.4 is 0 Å². The van der Waals surface area contributed by atoms with Crippen molar-refractivity contribution >= 4 is 0 Å². The van der Waals surface area contributed by atoms with Crippen molar-refractivity contribution in [2.75, 3.05) is 6.61 Å². The first kappa shape index (κ1) is 10.5. The fraction of sp³-hybridized carbons (Fsp3) is 0.538. The van der Waals surface area contributed by atoms with Crippen LogP contribution in [0.2, 0.25) is 0 Å². The zero-order valence-corrected chi connectivity index (χ0v) is 9.11. The van der Waals surface area contributed by atoms with E-state index in [0.29, 0.717) is 17.6 Å². The summed E-state index contributed by atoms with van der Waals surface area (Å²) in [6.07, 6.45) is 3.19. The average molecular weight is 206 g/mol. The number of hydrogen-bond donors (Lipinski definition) is 2. The minimum absolute atomic E-state index is 0.276. The van der Waals surface area contributed by atoms with Crippen molar-refractivity contribution in [3.05, 3.63) is 29.3 Å². The molecule has 0 fully saturated rings. The maximum atomic E-state index is 9.37. The quantitative estimate of drug-likeness (QED) is 0.778. The topological polar surface area (TPSA) is 40.5 Å². The first-order valence-electron chi connectivity index (χ1n) is 5.62. The van der Waals surface area contributed by atoms with Gasteiger partial charge in [-0.15, -0.1) is 0 Å². The van der Waals surface area contributed by atoms with Crippen molar-refractivity contribution in [2.24, 2.45) is 11.8 Å². The number of aliphatic hydroxyl groups is 1. The number of aryl methyl sites for hydroxylation is 1. The van der Waals surface area contributed by atoms with Crippen molar-refractivity contribution in [2.45, 2.75) is 26.2 Å². The summed E-state index contributed by atoms with van der Waals surface area (Å²) in [5, 5.41) is 18.5. The van der Waals surface area contributed by atoms with Gasteiger partial charge in [-0.05, 0) is 54.4 Å². The third-order valence-corrected chi connectivity index (χ3v) is 3.55. The van der Waals surface area contributed by atoms with Gasteiger partial charge in [0.1, 0.15) is 5.75 Å². The maximum Gasteiger partial charge on any atom is 0.115 e. The van der Waals surface area contributed by atoms with Crippen LogP contribution in [-0.2, 0) is 12.8 Å². The third kappa shape index (κ3) is 2.15. The molecule has 2 atom stereocenters. The first-order chi connectivity index (χ1) is 7.20. The van der Waals surface area contributed by atoms with Crippen molar-refractivity contribution in [1.29, 1.82) is 0 Å². The minimum Gasteiger partial charge on any atom is -0.508 e. The second-order valence-corrected chi connectivity index (χ2v) is 4.62. The SMILES string of the molecule is CC(CO)C1CCc2cc(O)ccc2C1. The summed E-state index contributed by atoms with van der Waals surface area (Å²) < 4.78 is 0. The molecular formula is C13H18O2. The van der Waals surface area contributed by atoms with Crippen LogP contribution in [-0.4, -0.2) is 16.8 Å². The predicted molar refractivity (Wildman–Crippen MR) is 59.9 cm³/mol. The number of hydrogen-bond acceptors (Lipinski definition) is 2. The van der Waals surface area contributed by atoms with Crippen LogP contribution in [0.15, 0.2) is 18.2 Å². The van der Waals surface area contributed by atoms with E-state index in [-0.39, 0.29) is 6.61 Å². The van der Waals surface area contributed by atoms with Crippen molar-refractivity contribution in [3.8, 4) is 5.75 Å². The Morgan fingerprint density at radius 1 is 1.40 bits per heavy atom. The molecule has 0 radical (unpaired) electrons. The van der Waals surface area contributed by atoms with E-state index in [4.69, 9.17) is 5.11 Å². The lowest BCUT2D eigenvalue weighted by atomic mass is 9.78. The Balaban J connectivity index is 2.16. The van der Waals surface area contributed by atoms with Crippen molar-refractivity contribution in [3.63, 3.8) is 0 Å². The number of phenolic OH excluding ortho intramolecular Hbond substituents is 1. The Morgan fingerprint density at radius 3 is 2.93 bits per heavy atom. The zero-order valence-electron chi connectivity index (χ0n) is 9.11. The molecule has 1 aromatic carbocycles. The van der Waals surface area contributed by atoms with E-state index >= 15 is 0 Å². The Morgan fingerprint density at radius 2 is 2.20 bits per heavy atom. The van der Waals surface area contributed by atoms with Crippen molar-refractivity contribution < 1.29 is 10.2 Å². The van der Waals surface area contributed by atoms with Gasteiger partial charge in [-0.3, -0.25) is 0 Å². The molecule has 0 aliphatic heterocycles. The van der Waals surface area contributed by atoms with E-state index in [1.807, 2.05) is 12.1 Å². The molecule has 2 unspecified atom stereocenters. The molecular weight excluding hydrogens is 188 g/mol. The predicted octanol–water partition coefficient (Wildman–Crippen LogP) is 2.13. The summed E-state index contributed by atoms with van der Waals surface area (Å²) in [6.45, 7) is 2.38. The van der Waals surface area contributed by atoms with Gasteiger partial charge < -0.3 is 10.2 Å². The van der Waals surface area contributed by atoms with E-state index in [2.05, 4.69) is 6.92 Å². The summed E-state index contributed by atoms with van der Waals surface area (Å²) in [7, 11) is 0. The highest BCUT2D eigenvalue weighted by molar-refractivity contribution is 5.36. The number of aliphatic hydroxyl groups excluding tert-OH is 1. The highest BCUT2D eigenvalue weighted by Crippen LogP contribution is 2.31. The molecule has 1 aliphatic rings. The highest BCUT2D eigenvalue weighted by Gasteiger charge is 2.23. The molecule has 0 saturated heterocycles. The normalized spacial score (nSPS) is 22.1. The lowest BCUT2D eigenvalue weighted by Gasteiger charge is -2.28. The Hall–Kier alpha value is -1.02. The van der Waals surface area contributed by atoms with E-state index in [9.17, 15) is 5.11 Å². The van der Waals surface area contributed by atoms with Gasteiger partial charge in [0.05, 0.1) is 0 Å². The highest BCUT2D eigenvalue weighted by atomic mass is 16.3. The maximum absolute atomic E-state index is 9.37. The largest absolute Gasteiger partial charge is 0.508 e. The number of rotatable bonds is 2. The summed E-state index contributed by atoms with van der Waals surface area (Å²) in [4.78, 5) is 0. The molecule has 1 aromatic rings. The zero-order chi connectivity index (χ0) is 10.8. The van der Waals surface area contributed by atoms with Crippen molar-refractivity contribution in [1.82, 2.24) is 0 Å². The number of phenols is 1. The molecule has 82 valence electrons. The van der Waals surface area contributed by atoms with Crippen LogP contribution in [0.3, 0.4) is 0 Å². The molecule has 0 amide bonds. The monoisotopic (exact) mass is 206 g/mol. The number of benzene rings is 1. The number of fused-ring (bicyclic) bond motifs is 1. The molecule has 0 spiro atoms. The molecule has 2 rings (SSSR count). The lowest BCUT2D eigenvalue weighted by Crippen LogP contribution is -2.22. The first-order valence-corrected chi connectivity index (χ1v) is 5.62. The van der Waals surface area contributed by atoms with Gasteiger partial charge in [0.25, 0.3) is 0 Å². The van der Waals surface area contributed by atoms with E-state index in [1.165, 1.54) is 11.1 Å². The summed E-state index contributed by atoms with van der Waals surface area (Å²) >= 11 is 0. The molecule has 0 heterocycles. The lowest BCUT2D eigenvalue weighted by molar-refractivity contribution is 0.178. The summed E-state index contributed by atoms with van der Waals surface area (Å²) in [5.41, 5.74) is 2.61. The van der Waals surface area contributed by atoms with Gasteiger partial charge in [-0.2, -0.15) is 0 Å². The summed E-state index contributed by atoms with van der Waals surface area (Å²) in [6, 6.07) is 5.64. The second kappa shape index (κ2) is 4.23. The Kier molecular flexibility index (Phi) is 2.96. The molecule has 1 aliphatic carbocycles. The summed E-state index contributed by atoms with van der Waals surface area (Å²) in [5.74, 6) is 1.33. The fourth-order valence-electron chi connectivity index (χ4n) is 2.40. The van der Waals surface area contributed by atoms with Crippen LogP contribution in [0.4, 0.5) is 0 Å². The molecule has 0 bridgehead atoms. The molecule has 2 heteroatoms. The smallest absolute Gasteiger partial charge is 0.115 e. The Labute approximate surface area is 90.6 Å². The molecule has 2 nitrogen and oxygen atoms in total. The van der Waals surface area contributed by atoms with Crippen LogP contribution >= 0.6 is 0 Å². The van der Waals surface area contributed by atoms with Crippen LogP contribution in [0.25, 0.3) is 0 Å². The third-order valence-electron chi connectivity index (χ3n) is 3.55. The molecule has 0 aromatic heterocycles. The van der Waals surface area contributed by atoms with Crippen LogP contribution in [0.1, 0.15) is 24.5 Å². The minimum atomic E-state index is 0.276. The fourth-order valence-corrected chi connectivity index (χ4v) is 2.40. The van der Waals surface area contributed by atoms with E-state index in [0.717, 1.165) is 19.3 Å². The molecule has 2 N–H and O–H groups in total. The van der Waals surface area contributed by atoms with E-state index in [1.54, 1.807) is 6.07 Å². The Bertz CT molecular complexity index is 346. The van der Waals surface area contributed by atoms with Gasteiger partial charge in [-0.25, -0.2) is 0 Å². The van der Waals surface area contributed by atoms with Gasteiger partial charge in [0.15, 0.2) is 0 Å². The van der Waals surface area contributed by atoms with Crippen LogP contribution in [0.5, 0.6) is 5.75 Å². The average Bonchev–Trinajstić information content (AvgIpc) is 2.27. The van der Waals surface area contributed by atoms with Gasteiger partial charge in [0.2, 0.25) is 0 Å².